The first-order valence-corrected chi connectivity index (χ1v) is 6.21. The Hall–Kier alpha value is -1.43. The predicted molar refractivity (Wildman–Crippen MR) is 63.1 cm³/mol. The van der Waals surface area contributed by atoms with Gasteiger partial charge in [0, 0.05) is 19.4 Å². The molecule has 18 heavy (non-hydrogen) atoms. The maximum Gasteiger partial charge on any atom is 0.326 e. The van der Waals surface area contributed by atoms with Crippen LogP contribution in [-0.4, -0.2) is 41.5 Å². The second kappa shape index (κ2) is 7.10. The van der Waals surface area contributed by atoms with E-state index in [1.807, 2.05) is 0 Å². The molecule has 2 N–H and O–H groups in total. The molecule has 0 spiro atoms. The van der Waals surface area contributed by atoms with Gasteiger partial charge in [-0.3, -0.25) is 9.59 Å². The average molecular weight is 257 g/mol. The number of Topliss-reactive ketones (excluding diaryl/α,β-unsaturated/α-hetero) is 1. The van der Waals surface area contributed by atoms with Crippen LogP contribution in [0.15, 0.2) is 0 Å². The number of hydrogen-bond acceptors (Lipinski definition) is 4. The maximum atomic E-state index is 11.7. The number of ketones is 1. The minimum atomic E-state index is -1.12. The average Bonchev–Trinajstić information content (AvgIpc) is 2.87. The number of carbonyl (C=O) groups is 3. The number of carboxylic acid groups (broad SMARTS) is 1. The maximum absolute atomic E-state index is 11.7. The highest BCUT2D eigenvalue weighted by molar-refractivity contribution is 5.87. The van der Waals surface area contributed by atoms with Crippen molar-refractivity contribution in [3.63, 3.8) is 0 Å². The van der Waals surface area contributed by atoms with Gasteiger partial charge in [0.25, 0.3) is 0 Å². The summed E-state index contributed by atoms with van der Waals surface area (Å²) in [6, 6.07) is -1.02. The first kappa shape index (κ1) is 14.6. The van der Waals surface area contributed by atoms with Crippen LogP contribution in [0.2, 0.25) is 0 Å². The van der Waals surface area contributed by atoms with E-state index in [2.05, 4.69) is 5.32 Å². The van der Waals surface area contributed by atoms with Crippen molar-refractivity contribution >= 4 is 17.7 Å². The zero-order valence-electron chi connectivity index (χ0n) is 10.5. The molecule has 1 fully saturated rings. The van der Waals surface area contributed by atoms with Gasteiger partial charge in [-0.2, -0.15) is 0 Å². The first-order chi connectivity index (χ1) is 8.54. The summed E-state index contributed by atoms with van der Waals surface area (Å²) in [5.41, 5.74) is 0. The molecule has 2 atom stereocenters. The highest BCUT2D eigenvalue weighted by Crippen LogP contribution is 2.12. The lowest BCUT2D eigenvalue weighted by atomic mass is 10.1. The number of ether oxygens (including phenoxy) is 1. The zero-order valence-corrected chi connectivity index (χ0v) is 10.5. The van der Waals surface area contributed by atoms with E-state index in [-0.39, 0.29) is 18.6 Å². The Bertz CT molecular complexity index is 322. The predicted octanol–water partition coefficient (Wildman–Crippen LogP) is 0.494. The number of hydrogen-bond donors (Lipinski definition) is 2. The van der Waals surface area contributed by atoms with Crippen LogP contribution in [0.3, 0.4) is 0 Å². The Morgan fingerprint density at radius 2 is 2.17 bits per heavy atom. The van der Waals surface area contributed by atoms with E-state index in [9.17, 15) is 14.4 Å². The standard InChI is InChI=1S/C12H19NO5/c1-2-8(14)5-6-9(12(16)17)13-11(15)10-4-3-7-18-10/h9-10H,2-7H2,1H3,(H,13,15)(H,16,17)/t9-,10-/m0/s1. The number of carboxylic acids is 1. The molecule has 1 aliphatic rings. The van der Waals surface area contributed by atoms with Crippen molar-refractivity contribution in [3.05, 3.63) is 0 Å². The van der Waals surface area contributed by atoms with Crippen LogP contribution < -0.4 is 5.32 Å². The quantitative estimate of drug-likeness (QED) is 0.692. The van der Waals surface area contributed by atoms with Crippen LogP contribution in [0, 0.1) is 0 Å². The number of amides is 1. The summed E-state index contributed by atoms with van der Waals surface area (Å²) < 4.78 is 5.17. The topological polar surface area (TPSA) is 92.7 Å². The Morgan fingerprint density at radius 3 is 2.67 bits per heavy atom. The van der Waals surface area contributed by atoms with Crippen molar-refractivity contribution in [2.75, 3.05) is 6.61 Å². The summed E-state index contributed by atoms with van der Waals surface area (Å²) in [6.07, 6.45) is 1.55. The molecular weight excluding hydrogens is 238 g/mol. The van der Waals surface area contributed by atoms with Gasteiger partial charge in [0.05, 0.1) is 0 Å². The second-order valence-electron chi connectivity index (χ2n) is 4.33. The van der Waals surface area contributed by atoms with Crippen molar-refractivity contribution in [2.24, 2.45) is 0 Å². The third kappa shape index (κ3) is 4.44. The highest BCUT2D eigenvalue weighted by Gasteiger charge is 2.28. The Labute approximate surface area is 106 Å². The Kier molecular flexibility index (Phi) is 5.77. The van der Waals surface area contributed by atoms with Crippen LogP contribution in [0.4, 0.5) is 0 Å². The number of rotatable bonds is 7. The molecule has 102 valence electrons. The molecule has 0 aromatic rings. The molecule has 0 aromatic heterocycles. The van der Waals surface area contributed by atoms with Gasteiger partial charge in [0.2, 0.25) is 5.91 Å². The van der Waals surface area contributed by atoms with Crippen LogP contribution in [0.25, 0.3) is 0 Å². The molecule has 1 aliphatic heterocycles. The smallest absolute Gasteiger partial charge is 0.326 e. The fraction of sp³-hybridized carbons (Fsp3) is 0.750. The summed E-state index contributed by atoms with van der Waals surface area (Å²) in [7, 11) is 0. The monoisotopic (exact) mass is 257 g/mol. The van der Waals surface area contributed by atoms with Gasteiger partial charge in [-0.15, -0.1) is 0 Å². The van der Waals surface area contributed by atoms with Crippen LogP contribution in [0.1, 0.15) is 39.0 Å². The SMILES string of the molecule is CCC(=O)CC[C@H](NC(=O)[C@@H]1CCCO1)C(=O)O. The molecule has 1 saturated heterocycles. The number of aliphatic carboxylic acids is 1. The van der Waals surface area contributed by atoms with E-state index in [0.29, 0.717) is 19.4 Å². The van der Waals surface area contributed by atoms with Crippen LogP contribution in [-0.2, 0) is 19.1 Å². The lowest BCUT2D eigenvalue weighted by molar-refractivity contribution is -0.144. The van der Waals surface area contributed by atoms with Gasteiger partial charge in [-0.25, -0.2) is 4.79 Å². The largest absolute Gasteiger partial charge is 0.480 e. The number of carbonyl (C=O) groups excluding carboxylic acids is 2. The zero-order chi connectivity index (χ0) is 13.5. The molecule has 0 saturated carbocycles. The van der Waals surface area contributed by atoms with E-state index in [4.69, 9.17) is 9.84 Å². The van der Waals surface area contributed by atoms with Crippen molar-refractivity contribution in [1.82, 2.24) is 5.32 Å². The molecule has 0 unspecified atom stereocenters. The molecule has 6 nitrogen and oxygen atoms in total. The van der Waals surface area contributed by atoms with Crippen LogP contribution >= 0.6 is 0 Å². The molecule has 6 heteroatoms. The lowest BCUT2D eigenvalue weighted by Gasteiger charge is -2.16. The van der Waals surface area contributed by atoms with Crippen molar-refractivity contribution < 1.29 is 24.2 Å². The van der Waals surface area contributed by atoms with E-state index in [1.165, 1.54) is 0 Å². The van der Waals surface area contributed by atoms with Gasteiger partial charge in [-0.1, -0.05) is 6.92 Å². The van der Waals surface area contributed by atoms with Crippen LogP contribution in [0.5, 0.6) is 0 Å². The molecule has 1 rings (SSSR count). The molecule has 0 aliphatic carbocycles. The van der Waals surface area contributed by atoms with Gasteiger partial charge in [-0.05, 0) is 19.3 Å². The van der Waals surface area contributed by atoms with Gasteiger partial charge < -0.3 is 15.2 Å². The lowest BCUT2D eigenvalue weighted by Crippen LogP contribution is -2.45. The van der Waals surface area contributed by atoms with Crippen molar-refractivity contribution in [1.29, 1.82) is 0 Å². The minimum absolute atomic E-state index is 0.00684. The molecule has 1 heterocycles. The third-order valence-corrected chi connectivity index (χ3v) is 2.94. The summed E-state index contributed by atoms with van der Waals surface area (Å²) in [6.45, 7) is 2.26. The van der Waals surface area contributed by atoms with E-state index < -0.39 is 24.0 Å². The normalized spacial score (nSPS) is 20.4. The third-order valence-electron chi connectivity index (χ3n) is 2.94. The molecule has 0 bridgehead atoms. The molecule has 0 radical (unpaired) electrons. The summed E-state index contributed by atoms with van der Waals surface area (Å²) >= 11 is 0. The van der Waals surface area contributed by atoms with Gasteiger partial charge in [0.15, 0.2) is 0 Å². The van der Waals surface area contributed by atoms with Gasteiger partial charge >= 0.3 is 5.97 Å². The Morgan fingerprint density at radius 1 is 1.44 bits per heavy atom. The van der Waals surface area contributed by atoms with E-state index in [0.717, 1.165) is 6.42 Å². The molecular formula is C12H19NO5. The fourth-order valence-corrected chi connectivity index (χ4v) is 1.79. The minimum Gasteiger partial charge on any atom is -0.480 e. The summed E-state index contributed by atoms with van der Waals surface area (Å²) in [5, 5.41) is 11.4. The first-order valence-electron chi connectivity index (χ1n) is 6.21. The fourth-order valence-electron chi connectivity index (χ4n) is 1.79. The van der Waals surface area contributed by atoms with E-state index >= 15 is 0 Å². The Balaban J connectivity index is 2.44. The summed E-state index contributed by atoms with van der Waals surface area (Å²) in [5.74, 6) is -1.53. The second-order valence-corrected chi connectivity index (χ2v) is 4.33. The molecule has 0 aromatic carbocycles. The highest BCUT2D eigenvalue weighted by atomic mass is 16.5. The van der Waals surface area contributed by atoms with E-state index in [1.54, 1.807) is 6.92 Å². The van der Waals surface area contributed by atoms with Gasteiger partial charge in [0.1, 0.15) is 17.9 Å². The molecule has 1 amide bonds. The van der Waals surface area contributed by atoms with Crippen molar-refractivity contribution in [2.45, 2.75) is 51.2 Å². The number of nitrogens with one attached hydrogen (secondary N) is 1. The van der Waals surface area contributed by atoms with Crippen molar-refractivity contribution in [3.8, 4) is 0 Å². The summed E-state index contributed by atoms with van der Waals surface area (Å²) in [4.78, 5) is 33.8.